The van der Waals surface area contributed by atoms with Crippen LogP contribution in [0.3, 0.4) is 0 Å². The molecule has 0 aliphatic heterocycles. The van der Waals surface area contributed by atoms with Crippen molar-refractivity contribution in [2.24, 2.45) is 0 Å². The van der Waals surface area contributed by atoms with Gasteiger partial charge in [-0.2, -0.15) is 0 Å². The molecule has 0 saturated carbocycles. The first-order valence-corrected chi connectivity index (χ1v) is 38.7. The summed E-state index contributed by atoms with van der Waals surface area (Å²) in [5.74, 6) is 3.97. The van der Waals surface area contributed by atoms with E-state index in [4.69, 9.17) is 29.9 Å². The quantitative estimate of drug-likeness (QED) is 0.148. The van der Waals surface area contributed by atoms with Crippen LogP contribution in [0.4, 0.5) is 0 Å². The van der Waals surface area contributed by atoms with Crippen molar-refractivity contribution in [2.45, 2.75) is 19.3 Å². The third-order valence-electron chi connectivity index (χ3n) is 22.5. The van der Waals surface area contributed by atoms with E-state index >= 15 is 0 Å². The van der Waals surface area contributed by atoms with E-state index in [9.17, 15) is 0 Å². The van der Waals surface area contributed by atoms with Crippen molar-refractivity contribution in [3.8, 4) is 90.6 Å². The van der Waals surface area contributed by atoms with Crippen molar-refractivity contribution in [2.75, 3.05) is 0 Å². The standard InChI is InChI=1S/C52H35N3.C49H27N3S2/c1-52(2)46-22-10-9-17-42(46)45-31-44-37(30-47(45)52)26-24-32-23-25-36-29-35(27-28-39(36)48(32)44)38-18-11-20-41-40(38)19-12-21-43(41)51-54-49(33-13-5-3-6-14-33)53-50(55-51)34-15-7-4-8-16-34;1-2-9-30-24-33(21-16-28(30)8-1)47-50-48(52-49(51-47)38-12-7-15-43-46(38)37-11-4-6-14-42(37)53-43)34-22-23-35-31(25-34)19-17-29-18-20-32-26-40-36-10-3-5-13-41(36)54-44(40)27-39(32)45(29)35/h3-31H,1-2H3;1-27H. The third kappa shape index (κ3) is 10.4. The molecule has 0 unspecified atom stereocenters. The molecule has 0 spiro atoms. The Balaban J connectivity index is 0.000000135. The molecular formula is C101H62N6S2. The first kappa shape index (κ1) is 62.8. The molecule has 8 heteroatoms. The summed E-state index contributed by atoms with van der Waals surface area (Å²) < 4.78 is 5.12. The number of hydrogen-bond acceptors (Lipinski definition) is 8. The summed E-state index contributed by atoms with van der Waals surface area (Å²) in [4.78, 5) is 30.7. The Bertz CT molecular complexity index is 7530. The van der Waals surface area contributed by atoms with Gasteiger partial charge < -0.3 is 0 Å². The maximum Gasteiger partial charge on any atom is 0.164 e. The number of fused-ring (bicyclic) bond motifs is 21. The molecule has 6 nitrogen and oxygen atoms in total. The van der Waals surface area contributed by atoms with Gasteiger partial charge in [-0.05, 0) is 180 Å². The second-order valence-corrected chi connectivity index (χ2v) is 31.3. The van der Waals surface area contributed by atoms with Crippen LogP contribution in [0.5, 0.6) is 0 Å². The fourth-order valence-electron chi connectivity index (χ4n) is 17.2. The van der Waals surface area contributed by atoms with Crippen molar-refractivity contribution in [1.82, 2.24) is 29.9 Å². The van der Waals surface area contributed by atoms with Gasteiger partial charge in [0, 0.05) is 79.1 Å². The molecule has 109 heavy (non-hydrogen) atoms. The molecule has 1 aliphatic rings. The Hall–Kier alpha value is -13.5. The number of aromatic nitrogens is 6. The van der Waals surface area contributed by atoms with Crippen LogP contribution in [0.15, 0.2) is 340 Å². The molecule has 0 saturated heterocycles. The van der Waals surface area contributed by atoms with Crippen LogP contribution in [0, 0.1) is 0 Å². The number of hydrogen-bond donors (Lipinski definition) is 0. The van der Waals surface area contributed by atoms with E-state index in [-0.39, 0.29) is 5.41 Å². The Morgan fingerprint density at radius 3 is 1.31 bits per heavy atom. The van der Waals surface area contributed by atoms with Crippen molar-refractivity contribution >= 4 is 149 Å². The minimum Gasteiger partial charge on any atom is -0.208 e. The lowest BCUT2D eigenvalue weighted by molar-refractivity contribution is 0.661. The van der Waals surface area contributed by atoms with E-state index in [0.717, 1.165) is 54.9 Å². The maximum atomic E-state index is 5.26. The monoisotopic (exact) mass is 1420 g/mol. The molecule has 0 atom stereocenters. The molecule has 0 N–H and O–H groups in total. The highest BCUT2D eigenvalue weighted by Gasteiger charge is 2.36. The van der Waals surface area contributed by atoms with Gasteiger partial charge in [0.15, 0.2) is 34.9 Å². The van der Waals surface area contributed by atoms with E-state index in [0.29, 0.717) is 34.9 Å². The van der Waals surface area contributed by atoms with E-state index < -0.39 is 0 Å². The highest BCUT2D eigenvalue weighted by molar-refractivity contribution is 7.26. The minimum atomic E-state index is -0.0288. The topological polar surface area (TPSA) is 77.3 Å². The summed E-state index contributed by atoms with van der Waals surface area (Å²) in [6.45, 7) is 4.71. The molecule has 0 amide bonds. The first-order chi connectivity index (χ1) is 53.7. The van der Waals surface area contributed by atoms with Crippen LogP contribution in [-0.2, 0) is 5.41 Å². The van der Waals surface area contributed by atoms with Crippen LogP contribution in [0.25, 0.3) is 217 Å². The van der Waals surface area contributed by atoms with Gasteiger partial charge in [0.1, 0.15) is 0 Å². The molecule has 4 heterocycles. The Morgan fingerprint density at radius 2 is 0.624 bits per heavy atom. The van der Waals surface area contributed by atoms with Gasteiger partial charge in [-0.1, -0.05) is 293 Å². The largest absolute Gasteiger partial charge is 0.208 e. The Morgan fingerprint density at radius 1 is 0.193 bits per heavy atom. The van der Waals surface area contributed by atoms with E-state index in [1.54, 1.807) is 11.3 Å². The first-order valence-electron chi connectivity index (χ1n) is 37.0. The molecule has 18 aromatic carbocycles. The fraction of sp³-hybridized carbons (Fsp3) is 0.0297. The zero-order valence-corrected chi connectivity index (χ0v) is 61.0. The van der Waals surface area contributed by atoms with Crippen LogP contribution < -0.4 is 0 Å². The zero-order chi connectivity index (χ0) is 72.0. The van der Waals surface area contributed by atoms with Crippen molar-refractivity contribution < 1.29 is 0 Å². The second kappa shape index (κ2) is 24.8. The molecule has 22 aromatic rings. The van der Waals surface area contributed by atoms with Crippen LogP contribution in [0.1, 0.15) is 25.0 Å². The number of nitrogens with zero attached hydrogens (tertiary/aromatic N) is 6. The van der Waals surface area contributed by atoms with E-state index in [1.165, 1.54) is 138 Å². The fourth-order valence-corrected chi connectivity index (χ4v) is 19.5. The summed E-state index contributed by atoms with van der Waals surface area (Å²) >= 11 is 3.68. The van der Waals surface area contributed by atoms with Crippen LogP contribution in [0.2, 0.25) is 0 Å². The van der Waals surface area contributed by atoms with E-state index in [2.05, 4.69) is 293 Å². The van der Waals surface area contributed by atoms with Gasteiger partial charge in [-0.3, -0.25) is 0 Å². The summed E-state index contributed by atoms with van der Waals surface area (Å²) in [5, 5.41) is 24.7. The predicted molar refractivity (Wildman–Crippen MR) is 461 cm³/mol. The molecule has 508 valence electrons. The molecule has 0 fully saturated rings. The lowest BCUT2D eigenvalue weighted by Crippen LogP contribution is -2.14. The van der Waals surface area contributed by atoms with E-state index in [1.807, 2.05) is 72.0 Å². The van der Waals surface area contributed by atoms with Gasteiger partial charge in [-0.15, -0.1) is 22.7 Å². The highest BCUT2D eigenvalue weighted by atomic mass is 32.1. The molecule has 4 aromatic heterocycles. The summed E-state index contributed by atoms with van der Waals surface area (Å²) in [7, 11) is 0. The van der Waals surface area contributed by atoms with Gasteiger partial charge in [0.2, 0.25) is 0 Å². The van der Waals surface area contributed by atoms with Crippen molar-refractivity contribution in [3.63, 3.8) is 0 Å². The van der Waals surface area contributed by atoms with Crippen LogP contribution in [-0.4, -0.2) is 29.9 Å². The lowest BCUT2D eigenvalue weighted by Gasteiger charge is -2.22. The zero-order valence-electron chi connectivity index (χ0n) is 59.3. The second-order valence-electron chi connectivity index (χ2n) is 29.2. The van der Waals surface area contributed by atoms with Gasteiger partial charge in [0.05, 0.1) is 0 Å². The smallest absolute Gasteiger partial charge is 0.164 e. The molecule has 0 bridgehead atoms. The van der Waals surface area contributed by atoms with Crippen molar-refractivity contribution in [1.29, 1.82) is 0 Å². The van der Waals surface area contributed by atoms with Gasteiger partial charge >= 0.3 is 0 Å². The van der Waals surface area contributed by atoms with Crippen molar-refractivity contribution in [3.05, 3.63) is 351 Å². The molecule has 1 aliphatic carbocycles. The summed E-state index contributed by atoms with van der Waals surface area (Å²) in [6.07, 6.45) is 0. The number of thiophene rings is 2. The molecular weight excluding hydrogens is 1360 g/mol. The van der Waals surface area contributed by atoms with Gasteiger partial charge in [0.25, 0.3) is 0 Å². The third-order valence-corrected chi connectivity index (χ3v) is 24.8. The number of benzene rings is 18. The molecule has 0 radical (unpaired) electrons. The SMILES string of the molecule is CC1(C)c2ccccc2-c2cc3c(ccc4ccc5cc(-c6cccc7c(-c8nc(-c9ccccc9)nc(-c9ccccc9)n8)cccc67)ccc5c43)cc21.c1ccc2cc(-c3nc(-c4ccc5c(ccc6ccc7cc8c(cc7c65)sc5ccccc58)c4)nc(-c4cccc5sc6ccccc6c45)n3)ccc2c1. The average Bonchev–Trinajstić information content (AvgIpc) is 1.65. The highest BCUT2D eigenvalue weighted by Crippen LogP contribution is 2.52. The predicted octanol–water partition coefficient (Wildman–Crippen LogP) is 27.7. The Labute approximate surface area is 635 Å². The Kier molecular flexibility index (Phi) is 14.3. The summed E-state index contributed by atoms with van der Waals surface area (Å²) in [5.41, 5.74) is 13.7. The average molecular weight is 1420 g/mol. The summed E-state index contributed by atoms with van der Waals surface area (Å²) in [6, 6.07) is 122. The van der Waals surface area contributed by atoms with Crippen LogP contribution >= 0.6 is 22.7 Å². The normalized spacial score (nSPS) is 12.6. The minimum absolute atomic E-state index is 0.0288. The molecule has 23 rings (SSSR count). The maximum absolute atomic E-state index is 5.26. The number of rotatable bonds is 7. The van der Waals surface area contributed by atoms with Gasteiger partial charge in [-0.25, -0.2) is 29.9 Å². The lowest BCUT2D eigenvalue weighted by atomic mass is 9.81.